The summed E-state index contributed by atoms with van der Waals surface area (Å²) in [7, 11) is 1.17. The van der Waals surface area contributed by atoms with Gasteiger partial charge in [0.05, 0.1) is 13.2 Å². The molecule has 0 N–H and O–H groups in total. The molecule has 366 valence electrons. The molecule has 15 atom stereocenters. The summed E-state index contributed by atoms with van der Waals surface area (Å²) in [4.78, 5) is 123. The predicted molar refractivity (Wildman–Crippen MR) is 202 cm³/mol. The molecule has 0 aromatic heterocycles. The van der Waals surface area contributed by atoms with Crippen molar-refractivity contribution >= 4 is 59.7 Å². The highest BCUT2D eigenvalue weighted by Gasteiger charge is 2.57. The molecule has 0 spiro atoms. The highest BCUT2D eigenvalue weighted by atomic mass is 16.8. The zero-order valence-electron chi connectivity index (χ0n) is 37.4. The summed E-state index contributed by atoms with van der Waals surface area (Å²) in [6.45, 7) is 8.11. The first-order valence-corrected chi connectivity index (χ1v) is 19.8. The maximum atomic E-state index is 12.6. The van der Waals surface area contributed by atoms with Crippen LogP contribution in [0.25, 0.3) is 0 Å². The quantitative estimate of drug-likeness (QED) is 0.115. The number of ether oxygens (including phenoxy) is 16. The number of carbonyl (C=O) groups excluding carboxylic acids is 10. The van der Waals surface area contributed by atoms with Gasteiger partial charge in [0.2, 0.25) is 0 Å². The molecule has 3 fully saturated rings. The van der Waals surface area contributed by atoms with Crippen molar-refractivity contribution in [3.8, 4) is 0 Å². The number of carbonyl (C=O) groups is 10. The lowest BCUT2D eigenvalue weighted by Gasteiger charge is -2.47. The molecule has 0 radical (unpaired) electrons. The van der Waals surface area contributed by atoms with Crippen LogP contribution in [0.4, 0.5) is 0 Å². The molecule has 3 saturated heterocycles. The number of hydrogen-bond donors (Lipinski definition) is 0. The lowest BCUT2D eigenvalue weighted by molar-refractivity contribution is -0.344. The van der Waals surface area contributed by atoms with Gasteiger partial charge in [-0.05, 0) is 0 Å². The van der Waals surface area contributed by atoms with E-state index in [0.29, 0.717) is 0 Å². The van der Waals surface area contributed by atoms with Crippen LogP contribution in [0, 0.1) is 0 Å². The Morgan fingerprint density at radius 3 is 0.800 bits per heavy atom. The minimum atomic E-state index is -1.83. The maximum absolute atomic E-state index is 12.6. The Morgan fingerprint density at radius 2 is 0.538 bits per heavy atom. The van der Waals surface area contributed by atoms with E-state index < -0.39 is 172 Å². The Balaban J connectivity index is 2.12. The van der Waals surface area contributed by atoms with Crippen molar-refractivity contribution < 1.29 is 124 Å². The molecule has 3 aliphatic heterocycles. The van der Waals surface area contributed by atoms with Crippen LogP contribution in [0.1, 0.15) is 69.2 Å². The molecular formula is C39H54O26. The van der Waals surface area contributed by atoms with Crippen LogP contribution in [0.5, 0.6) is 0 Å². The molecule has 3 heterocycles. The Hall–Kier alpha value is -5.54. The van der Waals surface area contributed by atoms with Crippen molar-refractivity contribution in [1.82, 2.24) is 0 Å². The van der Waals surface area contributed by atoms with E-state index >= 15 is 0 Å². The summed E-state index contributed by atoms with van der Waals surface area (Å²) in [5.41, 5.74) is 0. The zero-order valence-corrected chi connectivity index (χ0v) is 37.4. The molecule has 0 unspecified atom stereocenters. The number of esters is 10. The van der Waals surface area contributed by atoms with Gasteiger partial charge < -0.3 is 75.8 Å². The topological polar surface area (TPSA) is 318 Å². The van der Waals surface area contributed by atoms with Gasteiger partial charge in [0.15, 0.2) is 73.8 Å². The van der Waals surface area contributed by atoms with Gasteiger partial charge in [0, 0.05) is 76.3 Å². The van der Waals surface area contributed by atoms with Gasteiger partial charge in [0.25, 0.3) is 0 Å². The van der Waals surface area contributed by atoms with Crippen molar-refractivity contribution in [3.63, 3.8) is 0 Å². The number of methoxy groups -OCH3 is 1. The molecule has 0 aromatic carbocycles. The van der Waals surface area contributed by atoms with Gasteiger partial charge in [-0.3, -0.25) is 47.9 Å². The largest absolute Gasteiger partial charge is 0.463 e. The molecule has 3 rings (SSSR count). The Bertz CT molecular complexity index is 1750. The van der Waals surface area contributed by atoms with Crippen molar-refractivity contribution in [2.75, 3.05) is 26.9 Å². The van der Waals surface area contributed by atoms with E-state index in [1.807, 2.05) is 0 Å². The van der Waals surface area contributed by atoms with Crippen LogP contribution in [0.15, 0.2) is 0 Å². The third-order valence-electron chi connectivity index (χ3n) is 9.02. The molecule has 65 heavy (non-hydrogen) atoms. The van der Waals surface area contributed by atoms with Crippen molar-refractivity contribution in [1.29, 1.82) is 0 Å². The molecule has 0 aromatic rings. The summed E-state index contributed by atoms with van der Waals surface area (Å²) < 4.78 is 89.9. The molecule has 0 aliphatic carbocycles. The first-order valence-electron chi connectivity index (χ1n) is 19.8. The van der Waals surface area contributed by atoms with E-state index in [-0.39, 0.29) is 0 Å². The van der Waals surface area contributed by atoms with Gasteiger partial charge in [-0.2, -0.15) is 0 Å². The molecule has 0 amide bonds. The molecule has 0 bridgehead atoms. The number of rotatable bonds is 18. The summed E-state index contributed by atoms with van der Waals surface area (Å²) in [6, 6.07) is 0. The lowest BCUT2D eigenvalue weighted by Crippen LogP contribution is -2.65. The minimum absolute atomic E-state index is 0.607. The highest BCUT2D eigenvalue weighted by Crippen LogP contribution is 2.35. The van der Waals surface area contributed by atoms with Crippen LogP contribution < -0.4 is 0 Å². The van der Waals surface area contributed by atoms with E-state index in [1.54, 1.807) is 0 Å². The van der Waals surface area contributed by atoms with Crippen LogP contribution in [-0.2, 0) is 124 Å². The third kappa shape index (κ3) is 16.1. The SMILES string of the molecule is CO[C@@H]1O[C@H](CO[C@@H]2O[C@H](CO[C@@H]3O[C@H](COC(C)=O)[C@H](OC(C)=O)[C@H](OC(C)=O)[C@H]3OC(C)=O)[C@H](OC(C)=O)[C@H](OC(C)=O)[C@H]2OC(C)=O)[C@H](OC(C)=O)[C@H](OC(C)=O)[C@H]1OC(C)=O. The first kappa shape index (κ1) is 53.8. The Morgan fingerprint density at radius 1 is 0.308 bits per heavy atom. The molecule has 3 aliphatic rings. The minimum Gasteiger partial charge on any atom is -0.463 e. The average Bonchev–Trinajstić information content (AvgIpc) is 3.16. The highest BCUT2D eigenvalue weighted by molar-refractivity contribution is 5.70. The van der Waals surface area contributed by atoms with Crippen molar-refractivity contribution in [2.45, 2.75) is 161 Å². The van der Waals surface area contributed by atoms with Crippen LogP contribution in [0.3, 0.4) is 0 Å². The lowest BCUT2D eigenvalue weighted by atomic mass is 9.96. The second-order valence-corrected chi connectivity index (χ2v) is 14.5. The van der Waals surface area contributed by atoms with E-state index in [1.165, 1.54) is 7.11 Å². The second-order valence-electron chi connectivity index (χ2n) is 14.5. The number of hydrogen-bond acceptors (Lipinski definition) is 26. The van der Waals surface area contributed by atoms with E-state index in [9.17, 15) is 47.9 Å². The summed E-state index contributed by atoms with van der Waals surface area (Å²) in [5.74, 6) is -9.09. The van der Waals surface area contributed by atoms with E-state index in [4.69, 9.17) is 75.8 Å². The first-order chi connectivity index (χ1) is 30.4. The fraction of sp³-hybridized carbons (Fsp3) is 0.744. The Kier molecular flexibility index (Phi) is 20.4. The third-order valence-corrected chi connectivity index (χ3v) is 9.02. The van der Waals surface area contributed by atoms with Crippen molar-refractivity contribution in [3.05, 3.63) is 0 Å². The Labute approximate surface area is 371 Å². The van der Waals surface area contributed by atoms with E-state index in [2.05, 4.69) is 0 Å². The van der Waals surface area contributed by atoms with Gasteiger partial charge in [-0.1, -0.05) is 0 Å². The average molecular weight is 939 g/mol. The van der Waals surface area contributed by atoms with Gasteiger partial charge in [-0.15, -0.1) is 0 Å². The monoisotopic (exact) mass is 938 g/mol. The fourth-order valence-corrected chi connectivity index (χ4v) is 7.00. The van der Waals surface area contributed by atoms with Crippen molar-refractivity contribution in [2.24, 2.45) is 0 Å². The standard InChI is InChI=1S/C39H54O26/c1-15(40)51-12-25-28(54-16(2)41)32(58-20(6)45)35(61-23(9)48)38(64-25)53-14-27-30(56-18(4)43)33(59-21(7)46)36(62-24(10)49)39(65-27)52-13-26-29(55-17(3)42)31(57-19(5)44)34(60-22(8)47)37(50-11)63-26/h25-39H,12-14H2,1-11H3/t25-,26-,27-,28+,29+,30+,31+,32+,33+,34-,35-,36-,37-,38-,39-/m1/s1. The van der Waals surface area contributed by atoms with Crippen LogP contribution in [-0.4, -0.2) is 179 Å². The second kappa shape index (κ2) is 24.7. The van der Waals surface area contributed by atoms with Gasteiger partial charge in [-0.25, -0.2) is 0 Å². The maximum Gasteiger partial charge on any atom is 0.303 e. The zero-order chi connectivity index (χ0) is 48.9. The molecule has 26 nitrogen and oxygen atoms in total. The smallest absolute Gasteiger partial charge is 0.303 e. The predicted octanol–water partition coefficient (Wildman–Crippen LogP) is -1.21. The summed E-state index contributed by atoms with van der Waals surface area (Å²) in [6.07, 6.45) is -24.3. The molecule has 26 heteroatoms. The van der Waals surface area contributed by atoms with Gasteiger partial charge >= 0.3 is 59.7 Å². The van der Waals surface area contributed by atoms with Crippen LogP contribution >= 0.6 is 0 Å². The van der Waals surface area contributed by atoms with Crippen LogP contribution in [0.2, 0.25) is 0 Å². The molecule has 0 saturated carbocycles. The van der Waals surface area contributed by atoms with E-state index in [0.717, 1.165) is 69.2 Å². The van der Waals surface area contributed by atoms with Gasteiger partial charge in [0.1, 0.15) is 24.9 Å². The molecular weight excluding hydrogens is 884 g/mol. The summed E-state index contributed by atoms with van der Waals surface area (Å²) in [5, 5.41) is 0. The normalized spacial score (nSPS) is 32.0. The fourth-order valence-electron chi connectivity index (χ4n) is 7.00. The summed E-state index contributed by atoms with van der Waals surface area (Å²) >= 11 is 0.